The molecule has 1 fully saturated rings. The highest BCUT2D eigenvalue weighted by Crippen LogP contribution is 2.23. The van der Waals surface area contributed by atoms with E-state index in [0.29, 0.717) is 17.5 Å². The second-order valence-corrected chi connectivity index (χ2v) is 9.90. The normalized spacial score (nSPS) is 17.5. The van der Waals surface area contributed by atoms with E-state index in [1.165, 1.54) is 11.9 Å². The van der Waals surface area contributed by atoms with Crippen molar-refractivity contribution >= 4 is 32.7 Å². The van der Waals surface area contributed by atoms with Crippen LogP contribution in [-0.2, 0) is 19.4 Å². The number of carbonyl (C=O) groups is 2. The molecule has 1 aromatic heterocycles. The van der Waals surface area contributed by atoms with Crippen molar-refractivity contribution in [2.45, 2.75) is 19.4 Å². The van der Waals surface area contributed by atoms with Gasteiger partial charge in [0.05, 0.1) is 28.1 Å². The summed E-state index contributed by atoms with van der Waals surface area (Å²) in [4.78, 5) is 30.7. The molecule has 0 saturated carbocycles. The van der Waals surface area contributed by atoms with Gasteiger partial charge in [0.25, 0.3) is 5.91 Å². The Balaban J connectivity index is 1.45. The Morgan fingerprint density at radius 1 is 1.19 bits per heavy atom. The molecule has 0 radical (unpaired) electrons. The van der Waals surface area contributed by atoms with Gasteiger partial charge in [-0.15, -0.1) is 0 Å². The average molecular weight is 442 g/mol. The molecule has 3 aromatic rings. The van der Waals surface area contributed by atoms with Crippen LogP contribution in [0.15, 0.2) is 48.5 Å². The van der Waals surface area contributed by atoms with Crippen LogP contribution >= 0.6 is 0 Å². The fourth-order valence-corrected chi connectivity index (χ4v) is 5.60. The van der Waals surface area contributed by atoms with E-state index in [-0.39, 0.29) is 17.5 Å². The number of hydrogen-bond donors (Lipinski definition) is 0. The number of hydrogen-bond acceptors (Lipinski definition) is 6. The molecule has 1 aliphatic heterocycles. The first-order valence-corrected chi connectivity index (χ1v) is 11.7. The smallest absolute Gasteiger partial charge is 0.338 e. The van der Waals surface area contributed by atoms with Crippen molar-refractivity contribution in [2.75, 3.05) is 25.2 Å². The van der Waals surface area contributed by atoms with Gasteiger partial charge < -0.3 is 9.64 Å². The first-order chi connectivity index (χ1) is 14.7. The van der Waals surface area contributed by atoms with E-state index in [1.54, 1.807) is 18.2 Å². The number of rotatable bonds is 5. The maximum Gasteiger partial charge on any atom is 0.338 e. The summed E-state index contributed by atoms with van der Waals surface area (Å²) in [6.45, 7) is 1.45. The summed E-state index contributed by atoms with van der Waals surface area (Å²) in [6, 6.07) is 14.5. The first kappa shape index (κ1) is 21.0. The minimum absolute atomic E-state index is 0.0523. The van der Waals surface area contributed by atoms with Gasteiger partial charge in [0.15, 0.2) is 16.4 Å². The number of aryl methyl sites for hydroxylation is 1. The standard InChI is InChI=1S/C22H23N3O5S/c1-15-23-19-12-16(8-9-20(19)25(15)17-6-4-3-5-7-17)22(27)30-13-21(26)24(2)18-10-11-31(28,29)14-18/h3-9,12,18H,10-11,13-14H2,1-2H3/t18-/m1/s1. The van der Waals surface area contributed by atoms with Crippen LogP contribution in [-0.4, -0.2) is 65.9 Å². The van der Waals surface area contributed by atoms with E-state index in [9.17, 15) is 18.0 Å². The molecule has 0 spiro atoms. The van der Waals surface area contributed by atoms with E-state index < -0.39 is 28.3 Å². The van der Waals surface area contributed by atoms with Gasteiger partial charge in [-0.2, -0.15) is 0 Å². The zero-order valence-corrected chi connectivity index (χ0v) is 18.1. The summed E-state index contributed by atoms with van der Waals surface area (Å²) in [5.74, 6) is -0.252. The number of benzene rings is 2. The molecule has 1 amide bonds. The molecule has 8 nitrogen and oxygen atoms in total. The zero-order valence-electron chi connectivity index (χ0n) is 17.3. The van der Waals surface area contributed by atoms with Crippen molar-refractivity contribution < 1.29 is 22.7 Å². The zero-order chi connectivity index (χ0) is 22.2. The van der Waals surface area contributed by atoms with Gasteiger partial charge in [0, 0.05) is 18.8 Å². The lowest BCUT2D eigenvalue weighted by molar-refractivity contribution is -0.134. The van der Waals surface area contributed by atoms with Gasteiger partial charge in [-0.25, -0.2) is 18.2 Å². The molecule has 0 aliphatic carbocycles. The van der Waals surface area contributed by atoms with Crippen LogP contribution in [0.25, 0.3) is 16.7 Å². The number of likely N-dealkylation sites (N-methyl/N-ethyl adjacent to an activating group) is 1. The Morgan fingerprint density at radius 2 is 1.94 bits per heavy atom. The number of esters is 1. The largest absolute Gasteiger partial charge is 0.452 e. The number of para-hydroxylation sites is 1. The maximum absolute atomic E-state index is 12.5. The Kier molecular flexibility index (Phi) is 5.53. The highest BCUT2D eigenvalue weighted by molar-refractivity contribution is 7.91. The minimum Gasteiger partial charge on any atom is -0.452 e. The summed E-state index contributed by atoms with van der Waals surface area (Å²) in [5, 5.41) is 0. The monoisotopic (exact) mass is 441 g/mol. The summed E-state index contributed by atoms with van der Waals surface area (Å²) >= 11 is 0. The van der Waals surface area contributed by atoms with E-state index in [0.717, 1.165) is 17.0 Å². The van der Waals surface area contributed by atoms with Crippen molar-refractivity contribution in [2.24, 2.45) is 0 Å². The highest BCUT2D eigenvalue weighted by atomic mass is 32.2. The molecule has 31 heavy (non-hydrogen) atoms. The number of aromatic nitrogens is 2. The lowest BCUT2D eigenvalue weighted by Crippen LogP contribution is -2.40. The Hall–Kier alpha value is -3.20. The number of imidazole rings is 1. The molecule has 0 bridgehead atoms. The van der Waals surface area contributed by atoms with Gasteiger partial charge in [0.2, 0.25) is 0 Å². The van der Waals surface area contributed by atoms with Gasteiger partial charge in [-0.1, -0.05) is 18.2 Å². The Labute approximate surface area is 180 Å². The summed E-state index contributed by atoms with van der Waals surface area (Å²) < 4.78 is 30.4. The first-order valence-electron chi connectivity index (χ1n) is 9.93. The SMILES string of the molecule is Cc1nc2cc(C(=O)OCC(=O)N(C)[C@@H]3CCS(=O)(=O)C3)ccc2n1-c1ccccc1. The third-order valence-electron chi connectivity index (χ3n) is 5.55. The lowest BCUT2D eigenvalue weighted by Gasteiger charge is -2.23. The van der Waals surface area contributed by atoms with Crippen molar-refractivity contribution in [3.05, 3.63) is 59.9 Å². The minimum atomic E-state index is -3.10. The number of sulfone groups is 1. The summed E-state index contributed by atoms with van der Waals surface area (Å²) in [7, 11) is -1.57. The predicted octanol–water partition coefficient (Wildman–Crippen LogP) is 2.14. The number of fused-ring (bicyclic) bond motifs is 1. The van der Waals surface area contributed by atoms with Crippen LogP contribution in [0.3, 0.4) is 0 Å². The van der Waals surface area contributed by atoms with Crippen LogP contribution < -0.4 is 0 Å². The number of nitrogens with zero attached hydrogens (tertiary/aromatic N) is 3. The molecule has 0 unspecified atom stereocenters. The summed E-state index contributed by atoms with van der Waals surface area (Å²) in [6.07, 6.45) is 0.401. The molecule has 4 rings (SSSR count). The molecule has 162 valence electrons. The topological polar surface area (TPSA) is 98.6 Å². The van der Waals surface area contributed by atoms with E-state index in [4.69, 9.17) is 4.74 Å². The van der Waals surface area contributed by atoms with E-state index >= 15 is 0 Å². The molecule has 2 aromatic carbocycles. The lowest BCUT2D eigenvalue weighted by atomic mass is 10.2. The fraction of sp³-hybridized carbons (Fsp3) is 0.318. The molecule has 1 atom stereocenters. The quantitative estimate of drug-likeness (QED) is 0.563. The number of carbonyl (C=O) groups excluding carboxylic acids is 2. The third kappa shape index (κ3) is 4.32. The second kappa shape index (κ2) is 8.14. The van der Waals surface area contributed by atoms with Crippen LogP contribution in [0.1, 0.15) is 22.6 Å². The maximum atomic E-state index is 12.5. The van der Waals surface area contributed by atoms with Crippen LogP contribution in [0.2, 0.25) is 0 Å². The van der Waals surface area contributed by atoms with Crippen molar-refractivity contribution in [3.8, 4) is 5.69 Å². The highest BCUT2D eigenvalue weighted by Gasteiger charge is 2.33. The summed E-state index contributed by atoms with van der Waals surface area (Å²) in [5.41, 5.74) is 2.78. The van der Waals surface area contributed by atoms with E-state index in [2.05, 4.69) is 4.98 Å². The molecule has 9 heteroatoms. The van der Waals surface area contributed by atoms with Crippen molar-refractivity contribution in [1.82, 2.24) is 14.5 Å². The Bertz CT molecular complexity index is 1250. The van der Waals surface area contributed by atoms with Crippen molar-refractivity contribution in [3.63, 3.8) is 0 Å². The van der Waals surface area contributed by atoms with Crippen LogP contribution in [0, 0.1) is 6.92 Å². The molecule has 1 aliphatic rings. The number of amides is 1. The van der Waals surface area contributed by atoms with Gasteiger partial charge in [-0.05, 0) is 43.7 Å². The molecule has 2 heterocycles. The van der Waals surface area contributed by atoms with Crippen LogP contribution in [0.4, 0.5) is 0 Å². The number of ether oxygens (including phenoxy) is 1. The second-order valence-electron chi connectivity index (χ2n) is 7.67. The third-order valence-corrected chi connectivity index (χ3v) is 7.30. The predicted molar refractivity (Wildman–Crippen MR) is 116 cm³/mol. The van der Waals surface area contributed by atoms with E-state index in [1.807, 2.05) is 41.8 Å². The molecular formula is C22H23N3O5S. The van der Waals surface area contributed by atoms with Gasteiger partial charge in [-0.3, -0.25) is 9.36 Å². The molecule has 1 saturated heterocycles. The van der Waals surface area contributed by atoms with Gasteiger partial charge >= 0.3 is 5.97 Å². The fourth-order valence-electron chi connectivity index (χ4n) is 3.83. The molecular weight excluding hydrogens is 418 g/mol. The van der Waals surface area contributed by atoms with Gasteiger partial charge in [0.1, 0.15) is 5.82 Å². The average Bonchev–Trinajstić information content (AvgIpc) is 3.29. The van der Waals surface area contributed by atoms with Crippen LogP contribution in [0.5, 0.6) is 0 Å². The van der Waals surface area contributed by atoms with Crippen molar-refractivity contribution in [1.29, 1.82) is 0 Å². The molecule has 0 N–H and O–H groups in total. The Morgan fingerprint density at radius 3 is 2.61 bits per heavy atom.